The van der Waals surface area contributed by atoms with Gasteiger partial charge in [-0.2, -0.15) is 0 Å². The summed E-state index contributed by atoms with van der Waals surface area (Å²) in [5.41, 5.74) is 20.6. The van der Waals surface area contributed by atoms with E-state index in [1.54, 1.807) is 0 Å². The molecule has 0 saturated heterocycles. The van der Waals surface area contributed by atoms with E-state index >= 15 is 0 Å². The van der Waals surface area contributed by atoms with Gasteiger partial charge in [-0.05, 0) is 157 Å². The number of hydrogen-bond donors (Lipinski definition) is 0. The Bertz CT molecular complexity index is 4310. The first-order valence-corrected chi connectivity index (χ1v) is 26.9. The van der Waals surface area contributed by atoms with Crippen molar-refractivity contribution in [1.82, 2.24) is 0 Å². The summed E-state index contributed by atoms with van der Waals surface area (Å²) in [6, 6.07) is 93.6. The van der Waals surface area contributed by atoms with E-state index in [0.29, 0.717) is 0 Å². The third-order valence-electron chi connectivity index (χ3n) is 16.2. The zero-order valence-electron chi connectivity index (χ0n) is 40.4. The number of anilines is 3. The molecule has 13 aromatic rings. The summed E-state index contributed by atoms with van der Waals surface area (Å²) < 4.78 is 5.32. The van der Waals surface area contributed by atoms with Gasteiger partial charge >= 0.3 is 0 Å². The van der Waals surface area contributed by atoms with E-state index < -0.39 is 5.41 Å². The average Bonchev–Trinajstić information content (AvgIpc) is 4.17. The van der Waals surface area contributed by atoms with Crippen LogP contribution in [0.3, 0.4) is 0 Å². The van der Waals surface area contributed by atoms with Crippen LogP contribution < -0.4 is 4.90 Å². The quantitative estimate of drug-likeness (QED) is 0.154. The number of fused-ring (bicyclic) bond motifs is 12. The van der Waals surface area contributed by atoms with Crippen LogP contribution in [-0.2, 0) is 10.8 Å². The van der Waals surface area contributed by atoms with Gasteiger partial charge in [0.15, 0.2) is 0 Å². The Morgan fingerprint density at radius 2 is 0.726 bits per heavy atom. The first kappa shape index (κ1) is 42.4. The fraction of sp³-hybridized carbons (Fsp3) is 0.0571. The van der Waals surface area contributed by atoms with Crippen molar-refractivity contribution in [1.29, 1.82) is 0 Å². The van der Waals surface area contributed by atoms with Crippen molar-refractivity contribution in [2.24, 2.45) is 0 Å². The first-order valence-electron chi connectivity index (χ1n) is 25.3. The molecule has 2 aliphatic rings. The zero-order chi connectivity index (χ0) is 48.4. The van der Waals surface area contributed by atoms with Crippen LogP contribution in [0.15, 0.2) is 249 Å². The van der Waals surface area contributed by atoms with Gasteiger partial charge in [-0.3, -0.25) is 0 Å². The number of benzene rings is 11. The van der Waals surface area contributed by atoms with Crippen LogP contribution in [-0.4, -0.2) is 0 Å². The van der Waals surface area contributed by atoms with Crippen molar-refractivity contribution in [2.45, 2.75) is 24.7 Å². The van der Waals surface area contributed by atoms with Gasteiger partial charge in [0.25, 0.3) is 0 Å². The highest BCUT2D eigenvalue weighted by Crippen LogP contribution is 2.58. The van der Waals surface area contributed by atoms with E-state index in [1.807, 2.05) is 22.7 Å². The molecule has 11 aromatic carbocycles. The largest absolute Gasteiger partial charge is 0.310 e. The molecule has 73 heavy (non-hydrogen) atoms. The van der Waals surface area contributed by atoms with E-state index in [0.717, 1.165) is 17.1 Å². The molecule has 0 N–H and O–H groups in total. The van der Waals surface area contributed by atoms with Crippen molar-refractivity contribution in [3.8, 4) is 44.5 Å². The van der Waals surface area contributed by atoms with Crippen LogP contribution in [0.1, 0.15) is 47.2 Å². The van der Waals surface area contributed by atoms with E-state index in [-0.39, 0.29) is 5.41 Å². The predicted molar refractivity (Wildman–Crippen MR) is 313 cm³/mol. The average molecular weight is 966 g/mol. The molecule has 0 saturated carbocycles. The van der Waals surface area contributed by atoms with E-state index in [1.165, 1.54) is 118 Å². The molecule has 15 rings (SSSR count). The number of rotatable bonds is 7. The number of hydrogen-bond acceptors (Lipinski definition) is 3. The maximum Gasteiger partial charge on any atom is 0.0713 e. The highest BCUT2D eigenvalue weighted by molar-refractivity contribution is 7.26. The predicted octanol–water partition coefficient (Wildman–Crippen LogP) is 19.9. The van der Waals surface area contributed by atoms with Crippen molar-refractivity contribution >= 4 is 80.1 Å². The fourth-order valence-corrected chi connectivity index (χ4v) is 14.9. The minimum absolute atomic E-state index is 0.238. The molecule has 0 atom stereocenters. The monoisotopic (exact) mass is 965 g/mol. The zero-order valence-corrected chi connectivity index (χ0v) is 42.1. The minimum atomic E-state index is -0.472. The Balaban J connectivity index is 0.878. The summed E-state index contributed by atoms with van der Waals surface area (Å²) in [5, 5.41) is 5.30. The maximum absolute atomic E-state index is 2.48. The standard InChI is InChI=1S/C70H47NS2/c1-69(2)63-41-47(46-29-38-68-60(40-46)57-21-11-14-24-66(57)73-68)27-34-54(63)55-35-32-52(43-64(55)69)71(50-30-25-44(26-31-50)45-28-37-67-59(39-45)56-20-10-13-23-65(56)72-67)51-33-36-62-58(42-51)53-19-9-12-22-61(53)70(62,48-15-5-3-6-16-48)49-17-7-4-8-18-49/h3-43H,1-2H3. The second-order valence-electron chi connectivity index (χ2n) is 20.4. The summed E-state index contributed by atoms with van der Waals surface area (Å²) in [6.07, 6.45) is 0. The van der Waals surface area contributed by atoms with Gasteiger partial charge < -0.3 is 4.90 Å². The highest BCUT2D eigenvalue weighted by Gasteiger charge is 2.46. The van der Waals surface area contributed by atoms with Gasteiger partial charge in [0.2, 0.25) is 0 Å². The van der Waals surface area contributed by atoms with Crippen LogP contribution in [0.2, 0.25) is 0 Å². The van der Waals surface area contributed by atoms with E-state index in [2.05, 4.69) is 267 Å². The lowest BCUT2D eigenvalue weighted by Gasteiger charge is -2.34. The van der Waals surface area contributed by atoms with Gasteiger partial charge in [0, 0.05) is 62.8 Å². The van der Waals surface area contributed by atoms with Crippen molar-refractivity contribution < 1.29 is 0 Å². The number of thiophene rings is 2. The Morgan fingerprint density at radius 3 is 1.38 bits per heavy atom. The molecule has 2 heterocycles. The molecule has 1 nitrogen and oxygen atoms in total. The SMILES string of the molecule is CC1(C)c2cc(-c3ccc4sc5ccccc5c4c3)ccc2-c2ccc(N(c3ccc(-c4ccc5sc6ccccc6c5c4)cc3)c3ccc4c(c3)-c3ccccc3C4(c3ccccc3)c3ccccc3)cc21. The molecule has 0 fully saturated rings. The molecule has 0 spiro atoms. The summed E-state index contributed by atoms with van der Waals surface area (Å²) in [6.45, 7) is 4.82. The lowest BCUT2D eigenvalue weighted by atomic mass is 9.68. The normalized spacial score (nSPS) is 13.8. The molecule has 0 radical (unpaired) electrons. The minimum Gasteiger partial charge on any atom is -0.310 e. The van der Waals surface area contributed by atoms with Gasteiger partial charge in [0.05, 0.1) is 5.41 Å². The molecular weight excluding hydrogens is 919 g/mol. The molecule has 3 heteroatoms. The topological polar surface area (TPSA) is 3.24 Å². The number of nitrogens with zero attached hydrogens (tertiary/aromatic N) is 1. The van der Waals surface area contributed by atoms with Crippen LogP contribution >= 0.6 is 22.7 Å². The molecule has 0 unspecified atom stereocenters. The molecule has 2 aliphatic carbocycles. The second-order valence-corrected chi connectivity index (χ2v) is 22.5. The molecule has 0 amide bonds. The van der Waals surface area contributed by atoms with Gasteiger partial charge in [0.1, 0.15) is 0 Å². The fourth-order valence-electron chi connectivity index (χ4n) is 12.7. The lowest BCUT2D eigenvalue weighted by molar-refractivity contribution is 0.660. The van der Waals surface area contributed by atoms with Gasteiger partial charge in [-0.15, -0.1) is 22.7 Å². The summed E-state index contributed by atoms with van der Waals surface area (Å²) in [4.78, 5) is 2.48. The Labute approximate surface area is 433 Å². The second kappa shape index (κ2) is 16.1. The Morgan fingerprint density at radius 1 is 0.288 bits per heavy atom. The van der Waals surface area contributed by atoms with Crippen LogP contribution in [0.5, 0.6) is 0 Å². The third kappa shape index (κ3) is 6.32. The highest BCUT2D eigenvalue weighted by atomic mass is 32.1. The van der Waals surface area contributed by atoms with Crippen molar-refractivity contribution in [2.75, 3.05) is 4.90 Å². The summed E-state index contributed by atoms with van der Waals surface area (Å²) in [5.74, 6) is 0. The summed E-state index contributed by atoms with van der Waals surface area (Å²) in [7, 11) is 0. The molecular formula is C70H47NS2. The van der Waals surface area contributed by atoms with Gasteiger partial charge in [-0.1, -0.05) is 184 Å². The van der Waals surface area contributed by atoms with Crippen molar-refractivity contribution in [3.63, 3.8) is 0 Å². The van der Waals surface area contributed by atoms with Crippen LogP contribution in [0.4, 0.5) is 17.1 Å². The maximum atomic E-state index is 2.48. The molecule has 2 aromatic heterocycles. The van der Waals surface area contributed by atoms with Crippen molar-refractivity contribution in [3.05, 3.63) is 282 Å². The lowest BCUT2D eigenvalue weighted by Crippen LogP contribution is -2.28. The van der Waals surface area contributed by atoms with E-state index in [9.17, 15) is 0 Å². The summed E-state index contributed by atoms with van der Waals surface area (Å²) >= 11 is 3.74. The third-order valence-corrected chi connectivity index (χ3v) is 18.5. The first-order chi connectivity index (χ1) is 35.9. The smallest absolute Gasteiger partial charge is 0.0713 e. The van der Waals surface area contributed by atoms with Crippen LogP contribution in [0, 0.1) is 0 Å². The van der Waals surface area contributed by atoms with E-state index in [4.69, 9.17) is 0 Å². The van der Waals surface area contributed by atoms with Gasteiger partial charge in [-0.25, -0.2) is 0 Å². The molecule has 0 bridgehead atoms. The molecule has 344 valence electrons. The van der Waals surface area contributed by atoms with Crippen LogP contribution in [0.25, 0.3) is 84.9 Å². The molecule has 0 aliphatic heterocycles. The Hall–Kier alpha value is -8.34. The Kier molecular flexibility index (Phi) is 9.33.